The number of carbonyl (C=O) groups excluding carboxylic acids is 1. The van der Waals surface area contributed by atoms with Crippen LogP contribution in [0.3, 0.4) is 0 Å². The van der Waals surface area contributed by atoms with Gasteiger partial charge in [-0.15, -0.1) is 0 Å². The highest BCUT2D eigenvalue weighted by atomic mass is 16.1. The highest BCUT2D eigenvalue weighted by Gasteiger charge is 2.04. The van der Waals surface area contributed by atoms with Crippen LogP contribution in [0.4, 0.5) is 0 Å². The van der Waals surface area contributed by atoms with Gasteiger partial charge < -0.3 is 5.32 Å². The first-order chi connectivity index (χ1) is 7.09. The van der Waals surface area contributed by atoms with Gasteiger partial charge in [-0.25, -0.2) is 0 Å². The molecule has 1 N–H and O–H groups in total. The summed E-state index contributed by atoms with van der Waals surface area (Å²) in [6, 6.07) is 8.41. The van der Waals surface area contributed by atoms with Crippen LogP contribution in [0.25, 0.3) is 0 Å². The maximum Gasteiger partial charge on any atom is 0.222 e. The highest BCUT2D eigenvalue weighted by Crippen LogP contribution is 2.03. The van der Waals surface area contributed by atoms with E-state index in [-0.39, 0.29) is 11.8 Å². The molecule has 0 fully saturated rings. The van der Waals surface area contributed by atoms with Crippen LogP contribution in [0.2, 0.25) is 0 Å². The van der Waals surface area contributed by atoms with Crippen molar-refractivity contribution in [2.24, 2.45) is 5.92 Å². The number of nitrogens with one attached hydrogen (secondary N) is 1. The Balaban J connectivity index is 2.32. The van der Waals surface area contributed by atoms with Crippen LogP contribution >= 0.6 is 0 Å². The van der Waals surface area contributed by atoms with E-state index >= 15 is 0 Å². The molecule has 0 aliphatic rings. The lowest BCUT2D eigenvalue weighted by Gasteiger charge is -2.07. The van der Waals surface area contributed by atoms with Crippen molar-refractivity contribution in [3.63, 3.8) is 0 Å². The molecular weight excluding hydrogens is 186 g/mol. The van der Waals surface area contributed by atoms with Gasteiger partial charge in [0.05, 0.1) is 0 Å². The standard InChI is InChI=1S/C13H19NO/c1-10(2)13(15)14-9-8-12-6-4-11(3)5-7-12/h4-7,10H,8-9H2,1-3H3,(H,14,15). The lowest BCUT2D eigenvalue weighted by molar-refractivity contribution is -0.123. The summed E-state index contributed by atoms with van der Waals surface area (Å²) in [6.45, 7) is 6.60. The predicted octanol–water partition coefficient (Wildman–Crippen LogP) is 2.31. The second-order valence-corrected chi connectivity index (χ2v) is 4.18. The average molecular weight is 205 g/mol. The zero-order valence-corrected chi connectivity index (χ0v) is 9.71. The van der Waals surface area contributed by atoms with Gasteiger partial charge in [-0.05, 0) is 18.9 Å². The fourth-order valence-corrected chi connectivity index (χ4v) is 1.29. The Morgan fingerprint density at radius 2 is 1.87 bits per heavy atom. The van der Waals surface area contributed by atoms with E-state index in [4.69, 9.17) is 0 Å². The fourth-order valence-electron chi connectivity index (χ4n) is 1.29. The number of benzene rings is 1. The SMILES string of the molecule is Cc1ccc(CCNC(=O)C(C)C)cc1. The zero-order chi connectivity index (χ0) is 11.3. The first-order valence-electron chi connectivity index (χ1n) is 5.43. The first kappa shape index (κ1) is 11.8. The number of hydrogen-bond acceptors (Lipinski definition) is 1. The maximum atomic E-state index is 11.3. The Bertz CT molecular complexity index is 314. The third kappa shape index (κ3) is 4.15. The van der Waals surface area contributed by atoms with Crippen LogP contribution in [-0.4, -0.2) is 12.5 Å². The van der Waals surface area contributed by atoms with Crippen molar-refractivity contribution in [1.29, 1.82) is 0 Å². The minimum atomic E-state index is 0.0722. The lowest BCUT2D eigenvalue weighted by Crippen LogP contribution is -2.29. The van der Waals surface area contributed by atoms with Gasteiger partial charge in [-0.3, -0.25) is 4.79 Å². The molecule has 1 aromatic rings. The number of carbonyl (C=O) groups is 1. The van der Waals surface area contributed by atoms with Crippen molar-refractivity contribution < 1.29 is 4.79 Å². The molecule has 1 aromatic carbocycles. The maximum absolute atomic E-state index is 11.3. The number of aryl methyl sites for hydroxylation is 1. The monoisotopic (exact) mass is 205 g/mol. The summed E-state index contributed by atoms with van der Waals surface area (Å²) < 4.78 is 0. The van der Waals surface area contributed by atoms with Crippen molar-refractivity contribution in [1.82, 2.24) is 5.32 Å². The molecule has 0 atom stereocenters. The normalized spacial score (nSPS) is 10.4. The van der Waals surface area contributed by atoms with Crippen LogP contribution in [0.1, 0.15) is 25.0 Å². The number of hydrogen-bond donors (Lipinski definition) is 1. The molecule has 0 aromatic heterocycles. The van der Waals surface area contributed by atoms with Crippen molar-refractivity contribution in [3.05, 3.63) is 35.4 Å². The molecule has 0 aliphatic carbocycles. The molecule has 1 rings (SSSR count). The minimum absolute atomic E-state index is 0.0722. The molecule has 0 saturated heterocycles. The zero-order valence-electron chi connectivity index (χ0n) is 9.71. The first-order valence-corrected chi connectivity index (χ1v) is 5.43. The second-order valence-electron chi connectivity index (χ2n) is 4.18. The summed E-state index contributed by atoms with van der Waals surface area (Å²) in [5.74, 6) is 0.199. The fraction of sp³-hybridized carbons (Fsp3) is 0.462. The van der Waals surface area contributed by atoms with Crippen LogP contribution in [0.5, 0.6) is 0 Å². The molecule has 0 aliphatic heterocycles. The number of amides is 1. The lowest BCUT2D eigenvalue weighted by atomic mass is 10.1. The Hall–Kier alpha value is -1.31. The van der Waals surface area contributed by atoms with Crippen LogP contribution in [0, 0.1) is 12.8 Å². The largest absolute Gasteiger partial charge is 0.356 e. The summed E-state index contributed by atoms with van der Waals surface area (Å²) in [4.78, 5) is 11.3. The van der Waals surface area contributed by atoms with E-state index < -0.39 is 0 Å². The topological polar surface area (TPSA) is 29.1 Å². The summed E-state index contributed by atoms with van der Waals surface area (Å²) in [6.07, 6.45) is 0.902. The van der Waals surface area contributed by atoms with E-state index in [1.54, 1.807) is 0 Å². The van der Waals surface area contributed by atoms with Gasteiger partial charge in [0.25, 0.3) is 0 Å². The Morgan fingerprint density at radius 3 is 2.40 bits per heavy atom. The van der Waals surface area contributed by atoms with Crippen LogP contribution < -0.4 is 5.32 Å². The summed E-state index contributed by atoms with van der Waals surface area (Å²) >= 11 is 0. The Kier molecular flexibility index (Phi) is 4.35. The molecule has 15 heavy (non-hydrogen) atoms. The Morgan fingerprint density at radius 1 is 1.27 bits per heavy atom. The van der Waals surface area contributed by atoms with Gasteiger partial charge >= 0.3 is 0 Å². The highest BCUT2D eigenvalue weighted by molar-refractivity contribution is 5.77. The second kappa shape index (κ2) is 5.54. The Labute approximate surface area is 91.7 Å². The van der Waals surface area contributed by atoms with Crippen LogP contribution in [0.15, 0.2) is 24.3 Å². The molecule has 0 radical (unpaired) electrons. The van der Waals surface area contributed by atoms with Crippen molar-refractivity contribution in [2.75, 3.05) is 6.54 Å². The van der Waals surface area contributed by atoms with Gasteiger partial charge in [0.2, 0.25) is 5.91 Å². The minimum Gasteiger partial charge on any atom is -0.356 e. The molecule has 1 amide bonds. The smallest absolute Gasteiger partial charge is 0.222 e. The summed E-state index contributed by atoms with van der Waals surface area (Å²) in [5, 5.41) is 2.91. The van der Waals surface area contributed by atoms with Gasteiger partial charge in [0, 0.05) is 12.5 Å². The van der Waals surface area contributed by atoms with Gasteiger partial charge in [-0.2, -0.15) is 0 Å². The molecule has 2 heteroatoms. The molecule has 2 nitrogen and oxygen atoms in total. The van der Waals surface area contributed by atoms with E-state index in [0.29, 0.717) is 0 Å². The quantitative estimate of drug-likeness (QED) is 0.803. The number of rotatable bonds is 4. The summed E-state index contributed by atoms with van der Waals surface area (Å²) in [5.41, 5.74) is 2.54. The van der Waals surface area contributed by atoms with Gasteiger partial charge in [-0.1, -0.05) is 43.7 Å². The molecule has 0 spiro atoms. The van der Waals surface area contributed by atoms with Gasteiger partial charge in [0.1, 0.15) is 0 Å². The third-order valence-corrected chi connectivity index (χ3v) is 2.36. The molecule has 0 heterocycles. The van der Waals surface area contributed by atoms with E-state index in [9.17, 15) is 4.79 Å². The molecule has 82 valence electrons. The van der Waals surface area contributed by atoms with Crippen molar-refractivity contribution in [3.8, 4) is 0 Å². The van der Waals surface area contributed by atoms with Crippen LogP contribution in [-0.2, 0) is 11.2 Å². The van der Waals surface area contributed by atoms with E-state index in [1.165, 1.54) is 11.1 Å². The third-order valence-electron chi connectivity index (χ3n) is 2.36. The molecule has 0 bridgehead atoms. The molecule has 0 unspecified atom stereocenters. The van der Waals surface area contributed by atoms with E-state index in [2.05, 4.69) is 36.5 Å². The van der Waals surface area contributed by atoms with Gasteiger partial charge in [0.15, 0.2) is 0 Å². The molecular formula is C13H19NO. The summed E-state index contributed by atoms with van der Waals surface area (Å²) in [7, 11) is 0. The predicted molar refractivity (Wildman–Crippen MR) is 62.7 cm³/mol. The average Bonchev–Trinajstić information content (AvgIpc) is 2.20. The van der Waals surface area contributed by atoms with E-state index in [1.807, 2.05) is 13.8 Å². The van der Waals surface area contributed by atoms with E-state index in [0.717, 1.165) is 13.0 Å². The van der Waals surface area contributed by atoms with Crippen molar-refractivity contribution in [2.45, 2.75) is 27.2 Å². The molecule has 0 saturated carbocycles. The van der Waals surface area contributed by atoms with Crippen molar-refractivity contribution >= 4 is 5.91 Å².